The lowest BCUT2D eigenvalue weighted by Gasteiger charge is -2.16. The molecule has 1 heterocycles. The van der Waals surface area contributed by atoms with Crippen LogP contribution in [-0.4, -0.2) is 34.7 Å². The molecule has 2 aromatic carbocycles. The Labute approximate surface area is 156 Å². The molecular formula is C19H20N4O4. The maximum absolute atomic E-state index is 12.5. The van der Waals surface area contributed by atoms with Gasteiger partial charge in [-0.25, -0.2) is 0 Å². The van der Waals surface area contributed by atoms with Crippen LogP contribution in [0.5, 0.6) is 0 Å². The molecule has 0 bridgehead atoms. The number of carbonyl (C=O) groups excluding carboxylic acids is 2. The molecule has 27 heavy (non-hydrogen) atoms. The average molecular weight is 368 g/mol. The van der Waals surface area contributed by atoms with E-state index in [1.54, 1.807) is 24.3 Å². The smallest absolute Gasteiger partial charge is 0.275 e. The molecule has 0 saturated carbocycles. The minimum Gasteiger partial charge on any atom is -0.381 e. The quantitative estimate of drug-likeness (QED) is 0.600. The summed E-state index contributed by atoms with van der Waals surface area (Å²) in [5.74, 6) is -0.723. The lowest BCUT2D eigenvalue weighted by Crippen LogP contribution is -2.27. The molecule has 2 amide bonds. The van der Waals surface area contributed by atoms with Gasteiger partial charge in [-0.2, -0.15) is 0 Å². The number of nitro groups is 1. The molecule has 0 aromatic heterocycles. The van der Waals surface area contributed by atoms with Crippen molar-refractivity contribution in [3.63, 3.8) is 0 Å². The number of carbonyl (C=O) groups is 2. The molecule has 1 aliphatic rings. The van der Waals surface area contributed by atoms with Crippen molar-refractivity contribution in [1.29, 1.82) is 0 Å². The van der Waals surface area contributed by atoms with E-state index in [9.17, 15) is 19.7 Å². The number of hydrogen-bond donors (Lipinski definition) is 2. The highest BCUT2D eigenvalue weighted by Gasteiger charge is 2.20. The molecule has 0 unspecified atom stereocenters. The molecule has 8 nitrogen and oxygen atoms in total. The van der Waals surface area contributed by atoms with Crippen LogP contribution in [0.4, 0.5) is 11.4 Å². The summed E-state index contributed by atoms with van der Waals surface area (Å²) in [6.07, 6.45) is 2.04. The first kappa shape index (κ1) is 18.4. The van der Waals surface area contributed by atoms with Gasteiger partial charge in [0, 0.05) is 48.1 Å². The molecule has 1 fully saturated rings. The molecule has 1 aliphatic heterocycles. The highest BCUT2D eigenvalue weighted by atomic mass is 16.6. The Balaban J connectivity index is 1.75. The first-order chi connectivity index (χ1) is 13.0. The summed E-state index contributed by atoms with van der Waals surface area (Å²) < 4.78 is 0. The normalized spacial score (nSPS) is 13.4. The van der Waals surface area contributed by atoms with E-state index in [-0.39, 0.29) is 23.7 Å². The Hall–Kier alpha value is -3.42. The highest BCUT2D eigenvalue weighted by molar-refractivity contribution is 5.95. The number of rotatable bonds is 6. The summed E-state index contributed by atoms with van der Waals surface area (Å²) >= 11 is 0. The van der Waals surface area contributed by atoms with E-state index in [1.807, 2.05) is 4.90 Å². The van der Waals surface area contributed by atoms with E-state index in [4.69, 9.17) is 5.73 Å². The van der Waals surface area contributed by atoms with Crippen molar-refractivity contribution in [2.75, 3.05) is 18.4 Å². The van der Waals surface area contributed by atoms with Crippen molar-refractivity contribution in [2.24, 2.45) is 5.73 Å². The Morgan fingerprint density at radius 2 is 1.85 bits per heavy atom. The van der Waals surface area contributed by atoms with Crippen molar-refractivity contribution in [1.82, 2.24) is 4.90 Å². The zero-order valence-corrected chi connectivity index (χ0v) is 14.7. The Bertz CT molecular complexity index is 891. The van der Waals surface area contributed by atoms with Crippen LogP contribution in [0.3, 0.4) is 0 Å². The summed E-state index contributed by atoms with van der Waals surface area (Å²) in [6.45, 7) is 1.72. The van der Waals surface area contributed by atoms with E-state index >= 15 is 0 Å². The molecule has 3 N–H and O–H groups in total. The summed E-state index contributed by atoms with van der Waals surface area (Å²) in [5, 5.41) is 14.4. The van der Waals surface area contributed by atoms with E-state index in [2.05, 4.69) is 5.32 Å². The number of nitrogens with two attached hydrogens (primary N) is 1. The van der Waals surface area contributed by atoms with Crippen LogP contribution in [0, 0.1) is 10.1 Å². The SMILES string of the molecule is NC(=O)c1ccc(CNc2cccc(C(=O)N3CCCC3)c2)c([N+](=O)[O-])c1. The Morgan fingerprint density at radius 3 is 2.52 bits per heavy atom. The number of hydrogen-bond acceptors (Lipinski definition) is 5. The van der Waals surface area contributed by atoms with Crippen LogP contribution in [0.1, 0.15) is 39.1 Å². The molecule has 2 aromatic rings. The second-order valence-corrected chi connectivity index (χ2v) is 6.40. The van der Waals surface area contributed by atoms with Crippen LogP contribution in [0.2, 0.25) is 0 Å². The van der Waals surface area contributed by atoms with Crippen LogP contribution in [-0.2, 0) is 6.54 Å². The minimum atomic E-state index is -0.717. The van der Waals surface area contributed by atoms with Gasteiger partial charge in [-0.1, -0.05) is 6.07 Å². The predicted octanol–water partition coefficient (Wildman–Crippen LogP) is 2.54. The fourth-order valence-corrected chi connectivity index (χ4v) is 3.10. The highest BCUT2D eigenvalue weighted by Crippen LogP contribution is 2.22. The van der Waals surface area contributed by atoms with Crippen LogP contribution in [0.25, 0.3) is 0 Å². The maximum Gasteiger partial charge on any atom is 0.275 e. The van der Waals surface area contributed by atoms with Gasteiger partial charge in [0.1, 0.15) is 0 Å². The second-order valence-electron chi connectivity index (χ2n) is 6.40. The molecule has 0 radical (unpaired) electrons. The van der Waals surface area contributed by atoms with Crippen LogP contribution in [0.15, 0.2) is 42.5 Å². The van der Waals surface area contributed by atoms with Crippen molar-refractivity contribution in [3.8, 4) is 0 Å². The largest absolute Gasteiger partial charge is 0.381 e. The summed E-state index contributed by atoms with van der Waals surface area (Å²) in [7, 11) is 0. The molecule has 0 atom stereocenters. The topological polar surface area (TPSA) is 119 Å². The van der Waals surface area contributed by atoms with E-state index in [0.29, 0.717) is 16.8 Å². The third-order valence-corrected chi connectivity index (χ3v) is 4.55. The number of nitro benzene ring substituents is 1. The van der Waals surface area contributed by atoms with Crippen LogP contribution < -0.4 is 11.1 Å². The fraction of sp³-hybridized carbons (Fsp3) is 0.263. The molecular weight excluding hydrogens is 348 g/mol. The van der Waals surface area contributed by atoms with Crippen molar-refractivity contribution in [2.45, 2.75) is 19.4 Å². The first-order valence-electron chi connectivity index (χ1n) is 8.66. The number of nitrogens with one attached hydrogen (secondary N) is 1. The first-order valence-corrected chi connectivity index (χ1v) is 8.66. The molecule has 1 saturated heterocycles. The van der Waals surface area contributed by atoms with Crippen molar-refractivity contribution >= 4 is 23.2 Å². The van der Waals surface area contributed by atoms with Gasteiger partial charge in [0.15, 0.2) is 0 Å². The third-order valence-electron chi connectivity index (χ3n) is 4.55. The lowest BCUT2D eigenvalue weighted by molar-refractivity contribution is -0.385. The number of amides is 2. The van der Waals surface area contributed by atoms with E-state index in [0.717, 1.165) is 25.9 Å². The van der Waals surface area contributed by atoms with Gasteiger partial charge in [-0.05, 0) is 43.2 Å². The summed E-state index contributed by atoms with van der Waals surface area (Å²) in [6, 6.07) is 11.2. The average Bonchev–Trinajstić information content (AvgIpc) is 3.20. The molecule has 140 valence electrons. The van der Waals surface area contributed by atoms with Gasteiger partial charge in [0.25, 0.3) is 11.6 Å². The number of primary amides is 1. The van der Waals surface area contributed by atoms with Gasteiger partial charge in [-0.3, -0.25) is 19.7 Å². The van der Waals surface area contributed by atoms with Crippen LogP contribution >= 0.6 is 0 Å². The summed E-state index contributed by atoms with van der Waals surface area (Å²) in [5.41, 5.74) is 6.78. The second kappa shape index (κ2) is 7.86. The molecule has 3 rings (SSSR count). The zero-order valence-electron chi connectivity index (χ0n) is 14.7. The molecule has 0 spiro atoms. The number of benzene rings is 2. The fourth-order valence-electron chi connectivity index (χ4n) is 3.10. The van der Waals surface area contributed by atoms with Gasteiger partial charge >= 0.3 is 0 Å². The standard InChI is InChI=1S/C19H20N4O4/c20-18(24)13-6-7-15(17(11-13)23(26)27)12-21-16-5-3-4-14(10-16)19(25)22-8-1-2-9-22/h3-7,10-11,21H,1-2,8-9,12H2,(H2,20,24). The predicted molar refractivity (Wildman–Crippen MR) is 101 cm³/mol. The molecule has 0 aliphatic carbocycles. The maximum atomic E-state index is 12.5. The van der Waals surface area contributed by atoms with Gasteiger partial charge in [-0.15, -0.1) is 0 Å². The van der Waals surface area contributed by atoms with E-state index < -0.39 is 10.8 Å². The van der Waals surface area contributed by atoms with E-state index in [1.165, 1.54) is 18.2 Å². The number of likely N-dealkylation sites (tertiary alicyclic amines) is 1. The van der Waals surface area contributed by atoms with Gasteiger partial charge in [0.05, 0.1) is 4.92 Å². The minimum absolute atomic E-state index is 0.00654. The Morgan fingerprint density at radius 1 is 1.11 bits per heavy atom. The Kier molecular flexibility index (Phi) is 5.35. The van der Waals surface area contributed by atoms with Gasteiger partial charge in [0.2, 0.25) is 5.91 Å². The van der Waals surface area contributed by atoms with Crippen molar-refractivity contribution < 1.29 is 14.5 Å². The van der Waals surface area contributed by atoms with Gasteiger partial charge < -0.3 is 16.0 Å². The zero-order chi connectivity index (χ0) is 19.4. The number of anilines is 1. The molecule has 8 heteroatoms. The number of nitrogens with zero attached hydrogens (tertiary/aromatic N) is 2. The third kappa shape index (κ3) is 4.22. The lowest BCUT2D eigenvalue weighted by atomic mass is 10.1. The monoisotopic (exact) mass is 368 g/mol. The summed E-state index contributed by atoms with van der Waals surface area (Å²) in [4.78, 5) is 36.3. The van der Waals surface area contributed by atoms with Crippen molar-refractivity contribution in [3.05, 3.63) is 69.3 Å².